The monoisotopic (exact) mass is 230 g/mol. The van der Waals surface area contributed by atoms with Crippen molar-refractivity contribution in [3.8, 4) is 12.3 Å². The molecule has 3 N–H and O–H groups in total. The molecule has 0 aliphatic heterocycles. The van der Waals surface area contributed by atoms with Gasteiger partial charge in [-0.1, -0.05) is 5.92 Å². The van der Waals surface area contributed by atoms with E-state index in [1.54, 1.807) is 11.8 Å². The summed E-state index contributed by atoms with van der Waals surface area (Å²) < 4.78 is 0. The highest BCUT2D eigenvalue weighted by Gasteiger charge is 1.98. The Bertz CT molecular complexity index is 204. The lowest BCUT2D eigenvalue weighted by Crippen LogP contribution is -2.35. The maximum atomic E-state index is 11.1. The highest BCUT2D eigenvalue weighted by Crippen LogP contribution is 1.99. The van der Waals surface area contributed by atoms with Gasteiger partial charge in [-0.05, 0) is 12.2 Å². The predicted molar refractivity (Wildman–Crippen MR) is 63.7 cm³/mol. The fraction of sp³-hybridized carbons (Fsp3) is 0.700. The van der Waals surface area contributed by atoms with Gasteiger partial charge in [-0.15, -0.1) is 6.42 Å². The van der Waals surface area contributed by atoms with Gasteiger partial charge in [-0.3, -0.25) is 10.1 Å². The highest BCUT2D eigenvalue weighted by molar-refractivity contribution is 7.99. The molecule has 0 atom stereocenters. The van der Waals surface area contributed by atoms with Gasteiger partial charge in [0.15, 0.2) is 0 Å². The smallest absolute Gasteiger partial charge is 0.234 e. The fourth-order valence-electron chi connectivity index (χ4n) is 0.842. The average molecular weight is 230 g/mol. The molecule has 0 aliphatic carbocycles. The molecule has 0 radical (unpaired) electrons. The molecule has 0 spiro atoms. The van der Waals surface area contributed by atoms with E-state index in [-0.39, 0.29) is 19.1 Å². The topological polar surface area (TPSA) is 61.4 Å². The van der Waals surface area contributed by atoms with Crippen molar-refractivity contribution in [1.82, 2.24) is 10.6 Å². The molecule has 0 aromatic rings. The molecule has 0 aliphatic rings. The molecular weight excluding hydrogens is 212 g/mol. The Kier molecular flexibility index (Phi) is 10.8. The molecule has 0 aromatic carbocycles. The Morgan fingerprint density at radius 1 is 1.47 bits per heavy atom. The fourth-order valence-corrected chi connectivity index (χ4v) is 1.63. The van der Waals surface area contributed by atoms with E-state index in [0.717, 1.165) is 17.9 Å². The van der Waals surface area contributed by atoms with Gasteiger partial charge in [0.25, 0.3) is 0 Å². The number of carbonyl (C=O) groups excluding carboxylic acids is 1. The Labute approximate surface area is 95.2 Å². The average Bonchev–Trinajstić information content (AvgIpc) is 2.23. The lowest BCUT2D eigenvalue weighted by molar-refractivity contribution is -0.120. The van der Waals surface area contributed by atoms with Crippen LogP contribution in [-0.4, -0.2) is 48.8 Å². The van der Waals surface area contributed by atoms with Crippen molar-refractivity contribution < 1.29 is 9.90 Å². The largest absolute Gasteiger partial charge is 0.396 e. The van der Waals surface area contributed by atoms with Crippen LogP contribution in [0.3, 0.4) is 0 Å². The number of amides is 1. The molecule has 15 heavy (non-hydrogen) atoms. The molecule has 0 saturated heterocycles. The van der Waals surface area contributed by atoms with Crippen LogP contribution in [0.4, 0.5) is 0 Å². The minimum Gasteiger partial charge on any atom is -0.396 e. The molecule has 4 nitrogen and oxygen atoms in total. The first kappa shape index (κ1) is 14.3. The summed E-state index contributed by atoms with van der Waals surface area (Å²) in [6.45, 7) is 1.58. The summed E-state index contributed by atoms with van der Waals surface area (Å²) in [5, 5.41) is 14.1. The van der Waals surface area contributed by atoms with Crippen LogP contribution >= 0.6 is 11.8 Å². The first-order valence-corrected chi connectivity index (χ1v) is 6.06. The van der Waals surface area contributed by atoms with E-state index < -0.39 is 0 Å². The second kappa shape index (κ2) is 11.4. The second-order valence-electron chi connectivity index (χ2n) is 2.85. The van der Waals surface area contributed by atoms with E-state index in [1.165, 1.54) is 0 Å². The van der Waals surface area contributed by atoms with E-state index in [1.807, 2.05) is 0 Å². The molecule has 0 saturated carbocycles. The number of hydrogen-bond acceptors (Lipinski definition) is 4. The summed E-state index contributed by atoms with van der Waals surface area (Å²) in [6, 6.07) is 0. The van der Waals surface area contributed by atoms with Gasteiger partial charge in [0.1, 0.15) is 0 Å². The molecule has 0 rings (SSSR count). The number of aliphatic hydroxyl groups excluding tert-OH is 1. The van der Waals surface area contributed by atoms with Gasteiger partial charge in [0, 0.05) is 18.9 Å². The maximum absolute atomic E-state index is 11.1. The van der Waals surface area contributed by atoms with Crippen LogP contribution in [0.15, 0.2) is 0 Å². The minimum absolute atomic E-state index is 0.0343. The van der Waals surface area contributed by atoms with Crippen molar-refractivity contribution in [1.29, 1.82) is 0 Å². The zero-order chi connectivity index (χ0) is 11.4. The number of aliphatic hydroxyl groups is 1. The molecule has 0 fully saturated rings. The predicted octanol–water partition coefficient (Wildman–Crippen LogP) is -0.559. The quantitative estimate of drug-likeness (QED) is 0.367. The molecule has 0 unspecified atom stereocenters. The van der Waals surface area contributed by atoms with Crippen LogP contribution in [0.1, 0.15) is 6.42 Å². The van der Waals surface area contributed by atoms with Gasteiger partial charge >= 0.3 is 0 Å². The van der Waals surface area contributed by atoms with Gasteiger partial charge < -0.3 is 10.4 Å². The number of nitrogens with one attached hydrogen (secondary N) is 2. The third-order valence-corrected chi connectivity index (χ3v) is 2.60. The first-order valence-electron chi connectivity index (χ1n) is 4.90. The highest BCUT2D eigenvalue weighted by atomic mass is 32.2. The number of carbonyl (C=O) groups is 1. The molecule has 86 valence electrons. The minimum atomic E-state index is -0.0343. The molecule has 0 bridgehead atoms. The van der Waals surface area contributed by atoms with E-state index >= 15 is 0 Å². The first-order chi connectivity index (χ1) is 7.31. The number of rotatable bonds is 9. The molecule has 5 heteroatoms. The maximum Gasteiger partial charge on any atom is 0.234 e. The van der Waals surface area contributed by atoms with Crippen molar-refractivity contribution in [2.24, 2.45) is 0 Å². The van der Waals surface area contributed by atoms with E-state index in [9.17, 15) is 4.79 Å². The van der Waals surface area contributed by atoms with Crippen LogP contribution in [0, 0.1) is 12.3 Å². The van der Waals surface area contributed by atoms with Gasteiger partial charge in [-0.25, -0.2) is 0 Å². The van der Waals surface area contributed by atoms with Crippen LogP contribution in [0.25, 0.3) is 0 Å². The number of terminal acetylenes is 1. The lowest BCUT2D eigenvalue weighted by Gasteiger charge is -2.04. The normalized spacial score (nSPS) is 9.60. The SMILES string of the molecule is C#CCNCC(=O)NCCSCCCO. The van der Waals surface area contributed by atoms with E-state index in [2.05, 4.69) is 16.6 Å². The summed E-state index contributed by atoms with van der Waals surface area (Å²) in [7, 11) is 0. The zero-order valence-corrected chi connectivity index (χ0v) is 9.61. The van der Waals surface area contributed by atoms with Crippen molar-refractivity contribution >= 4 is 17.7 Å². The van der Waals surface area contributed by atoms with Crippen LogP contribution in [0.2, 0.25) is 0 Å². The zero-order valence-electron chi connectivity index (χ0n) is 8.79. The Morgan fingerprint density at radius 3 is 2.93 bits per heavy atom. The van der Waals surface area contributed by atoms with E-state index in [4.69, 9.17) is 11.5 Å². The third kappa shape index (κ3) is 11.2. The van der Waals surface area contributed by atoms with Gasteiger partial charge in [0.2, 0.25) is 5.91 Å². The van der Waals surface area contributed by atoms with Crippen molar-refractivity contribution in [2.45, 2.75) is 6.42 Å². The summed E-state index contributed by atoms with van der Waals surface area (Å²) >= 11 is 1.72. The molecule has 0 aromatic heterocycles. The second-order valence-corrected chi connectivity index (χ2v) is 4.07. The lowest BCUT2D eigenvalue weighted by atomic mass is 10.5. The van der Waals surface area contributed by atoms with Crippen LogP contribution in [0.5, 0.6) is 0 Å². The van der Waals surface area contributed by atoms with Crippen molar-refractivity contribution in [3.63, 3.8) is 0 Å². The van der Waals surface area contributed by atoms with Crippen molar-refractivity contribution in [2.75, 3.05) is 37.7 Å². The van der Waals surface area contributed by atoms with Gasteiger partial charge in [-0.2, -0.15) is 11.8 Å². The molecule has 1 amide bonds. The Balaban J connectivity index is 3.14. The molecule has 0 heterocycles. The standard InChI is InChI=1S/C10H18N2O2S/c1-2-4-11-9-10(14)12-5-8-15-7-3-6-13/h1,11,13H,3-9H2,(H,12,14). The van der Waals surface area contributed by atoms with Crippen LogP contribution in [-0.2, 0) is 4.79 Å². The summed E-state index contributed by atoms with van der Waals surface area (Å²) in [4.78, 5) is 11.1. The summed E-state index contributed by atoms with van der Waals surface area (Å²) in [6.07, 6.45) is 5.82. The van der Waals surface area contributed by atoms with Crippen LogP contribution < -0.4 is 10.6 Å². The summed E-state index contributed by atoms with van der Waals surface area (Å²) in [5.74, 6) is 4.17. The number of thioether (sulfide) groups is 1. The number of hydrogen-bond donors (Lipinski definition) is 3. The Hall–Kier alpha value is -0.700. The summed E-state index contributed by atoms with van der Waals surface area (Å²) in [5.41, 5.74) is 0. The third-order valence-electron chi connectivity index (χ3n) is 1.53. The van der Waals surface area contributed by atoms with E-state index in [0.29, 0.717) is 13.1 Å². The van der Waals surface area contributed by atoms with Gasteiger partial charge in [0.05, 0.1) is 13.1 Å². The molecular formula is C10H18N2O2S. The van der Waals surface area contributed by atoms with Crippen molar-refractivity contribution in [3.05, 3.63) is 0 Å². The Morgan fingerprint density at radius 2 is 2.27 bits per heavy atom.